The van der Waals surface area contributed by atoms with Crippen molar-refractivity contribution in [1.82, 2.24) is 4.90 Å². The van der Waals surface area contributed by atoms with E-state index in [1.54, 1.807) is 7.11 Å². The van der Waals surface area contributed by atoms with Gasteiger partial charge >= 0.3 is 0 Å². The van der Waals surface area contributed by atoms with Crippen molar-refractivity contribution in [2.24, 2.45) is 0 Å². The highest BCUT2D eigenvalue weighted by Gasteiger charge is 2.44. The van der Waals surface area contributed by atoms with Crippen molar-refractivity contribution < 1.29 is 9.84 Å². The van der Waals surface area contributed by atoms with Gasteiger partial charge in [0.25, 0.3) is 0 Å². The Hall–Kier alpha value is -0.120. The van der Waals surface area contributed by atoms with E-state index >= 15 is 0 Å². The third-order valence-electron chi connectivity index (χ3n) is 3.19. The summed E-state index contributed by atoms with van der Waals surface area (Å²) in [5.74, 6) is 0. The molecular formula is C11H23NO2. The second-order valence-electron chi connectivity index (χ2n) is 5.53. The molecule has 1 aliphatic rings. The minimum atomic E-state index is -0.187. The molecule has 0 atom stereocenters. The second-order valence-corrected chi connectivity index (χ2v) is 5.53. The van der Waals surface area contributed by atoms with Gasteiger partial charge < -0.3 is 9.84 Å². The van der Waals surface area contributed by atoms with Crippen molar-refractivity contribution in [3.63, 3.8) is 0 Å². The molecule has 0 aliphatic carbocycles. The van der Waals surface area contributed by atoms with Crippen LogP contribution in [0.1, 0.15) is 40.5 Å². The quantitative estimate of drug-likeness (QED) is 0.736. The fraction of sp³-hybridized carbons (Fsp3) is 1.00. The van der Waals surface area contributed by atoms with Crippen LogP contribution in [0.5, 0.6) is 0 Å². The lowest BCUT2D eigenvalue weighted by molar-refractivity contribution is -0.126. The fourth-order valence-corrected chi connectivity index (χ4v) is 2.74. The van der Waals surface area contributed by atoms with E-state index in [0.717, 1.165) is 12.8 Å². The van der Waals surface area contributed by atoms with Gasteiger partial charge in [0.15, 0.2) is 0 Å². The Kier molecular flexibility index (Phi) is 3.24. The molecule has 3 nitrogen and oxygen atoms in total. The van der Waals surface area contributed by atoms with Gasteiger partial charge in [0.2, 0.25) is 0 Å². The van der Waals surface area contributed by atoms with Gasteiger partial charge in [-0.25, -0.2) is 0 Å². The summed E-state index contributed by atoms with van der Waals surface area (Å²) < 4.78 is 5.23. The summed E-state index contributed by atoms with van der Waals surface area (Å²) in [5, 5.41) is 9.80. The van der Waals surface area contributed by atoms with E-state index in [9.17, 15) is 5.11 Å². The Labute approximate surface area is 87.1 Å². The molecule has 1 fully saturated rings. The Morgan fingerprint density at radius 1 is 1.21 bits per heavy atom. The van der Waals surface area contributed by atoms with Gasteiger partial charge in [0.05, 0.1) is 12.8 Å². The molecule has 0 unspecified atom stereocenters. The minimum absolute atomic E-state index is 0.0111. The van der Waals surface area contributed by atoms with Crippen LogP contribution >= 0.6 is 0 Å². The highest BCUT2D eigenvalue weighted by molar-refractivity contribution is 4.99. The number of aliphatic hydroxyl groups is 1. The Balaban J connectivity index is 2.85. The van der Waals surface area contributed by atoms with E-state index in [-0.39, 0.29) is 17.2 Å². The summed E-state index contributed by atoms with van der Waals surface area (Å²) in [4.78, 5) is 2.33. The maximum absolute atomic E-state index is 9.80. The maximum Gasteiger partial charge on any atom is 0.0995 e. The van der Waals surface area contributed by atoms with Crippen molar-refractivity contribution in [3.8, 4) is 0 Å². The number of piperidine rings is 1. The number of hydrogen-bond donors (Lipinski definition) is 1. The number of likely N-dealkylation sites (tertiary alicyclic amines) is 1. The standard InChI is InChI=1S/C11H23NO2/c1-10(2)6-9(13)7-11(3,4)12(10)8-14-5/h9,13H,6-8H2,1-5H3. The van der Waals surface area contributed by atoms with Crippen LogP contribution in [0.25, 0.3) is 0 Å². The highest BCUT2D eigenvalue weighted by Crippen LogP contribution is 2.37. The zero-order chi connectivity index (χ0) is 11.0. The first-order valence-corrected chi connectivity index (χ1v) is 5.24. The zero-order valence-corrected chi connectivity index (χ0v) is 10.0. The lowest BCUT2D eigenvalue weighted by Gasteiger charge is -2.53. The summed E-state index contributed by atoms with van der Waals surface area (Å²) in [5.41, 5.74) is 0.0222. The minimum Gasteiger partial charge on any atom is -0.393 e. The van der Waals surface area contributed by atoms with Crippen LogP contribution in [-0.2, 0) is 4.74 Å². The molecule has 1 heterocycles. The zero-order valence-electron chi connectivity index (χ0n) is 10.0. The lowest BCUT2D eigenvalue weighted by atomic mass is 9.79. The summed E-state index contributed by atoms with van der Waals surface area (Å²) in [7, 11) is 1.72. The van der Waals surface area contributed by atoms with Gasteiger partial charge in [-0.1, -0.05) is 0 Å². The van der Waals surface area contributed by atoms with Crippen LogP contribution in [0.15, 0.2) is 0 Å². The summed E-state index contributed by atoms with van der Waals surface area (Å²) in [6.07, 6.45) is 1.45. The molecule has 0 radical (unpaired) electrons. The smallest absolute Gasteiger partial charge is 0.0995 e. The topological polar surface area (TPSA) is 32.7 Å². The number of aliphatic hydroxyl groups excluding tert-OH is 1. The molecule has 0 bridgehead atoms. The van der Waals surface area contributed by atoms with E-state index in [0.29, 0.717) is 6.73 Å². The van der Waals surface area contributed by atoms with Gasteiger partial charge in [0, 0.05) is 18.2 Å². The molecule has 0 aromatic heterocycles. The molecule has 0 spiro atoms. The number of methoxy groups -OCH3 is 1. The van der Waals surface area contributed by atoms with Crippen molar-refractivity contribution in [2.75, 3.05) is 13.8 Å². The van der Waals surface area contributed by atoms with Gasteiger partial charge in [-0.05, 0) is 40.5 Å². The van der Waals surface area contributed by atoms with Crippen molar-refractivity contribution >= 4 is 0 Å². The molecule has 1 saturated heterocycles. The number of hydrogen-bond acceptors (Lipinski definition) is 3. The van der Waals surface area contributed by atoms with E-state index in [2.05, 4.69) is 32.6 Å². The van der Waals surface area contributed by atoms with E-state index < -0.39 is 0 Å². The van der Waals surface area contributed by atoms with Crippen molar-refractivity contribution in [2.45, 2.75) is 57.7 Å². The summed E-state index contributed by atoms with van der Waals surface area (Å²) >= 11 is 0. The number of nitrogens with zero attached hydrogens (tertiary/aromatic N) is 1. The predicted molar refractivity (Wildman–Crippen MR) is 57.1 cm³/mol. The largest absolute Gasteiger partial charge is 0.393 e. The summed E-state index contributed by atoms with van der Waals surface area (Å²) in [6.45, 7) is 9.28. The van der Waals surface area contributed by atoms with Crippen LogP contribution in [-0.4, -0.2) is 41.0 Å². The second kappa shape index (κ2) is 3.80. The number of rotatable bonds is 2. The van der Waals surface area contributed by atoms with Crippen LogP contribution in [0.3, 0.4) is 0 Å². The van der Waals surface area contributed by atoms with E-state index in [4.69, 9.17) is 4.74 Å². The third-order valence-corrected chi connectivity index (χ3v) is 3.19. The highest BCUT2D eigenvalue weighted by atomic mass is 16.5. The van der Waals surface area contributed by atoms with Gasteiger partial charge in [0.1, 0.15) is 0 Å². The molecule has 0 aromatic carbocycles. The van der Waals surface area contributed by atoms with Gasteiger partial charge in [-0.15, -0.1) is 0 Å². The van der Waals surface area contributed by atoms with Crippen molar-refractivity contribution in [3.05, 3.63) is 0 Å². The van der Waals surface area contributed by atoms with Gasteiger partial charge in [-0.3, -0.25) is 4.90 Å². The van der Waals surface area contributed by atoms with Crippen LogP contribution < -0.4 is 0 Å². The molecule has 0 saturated carbocycles. The SMILES string of the molecule is COCN1C(C)(C)CC(O)CC1(C)C. The molecule has 1 N–H and O–H groups in total. The summed E-state index contributed by atoms with van der Waals surface area (Å²) in [6, 6.07) is 0. The first-order valence-electron chi connectivity index (χ1n) is 5.24. The van der Waals surface area contributed by atoms with Crippen LogP contribution in [0.2, 0.25) is 0 Å². The predicted octanol–water partition coefficient (Wildman–Crippen LogP) is 1.60. The molecular weight excluding hydrogens is 178 g/mol. The average molecular weight is 201 g/mol. The molecule has 1 rings (SSSR count). The molecule has 0 aromatic rings. The first kappa shape index (κ1) is 12.0. The normalized spacial score (nSPS) is 27.9. The molecule has 14 heavy (non-hydrogen) atoms. The maximum atomic E-state index is 9.80. The van der Waals surface area contributed by atoms with E-state index in [1.807, 2.05) is 0 Å². The third kappa shape index (κ3) is 2.27. The molecule has 0 amide bonds. The number of ether oxygens (including phenoxy) is 1. The Bertz CT molecular complexity index is 183. The van der Waals surface area contributed by atoms with Crippen LogP contribution in [0, 0.1) is 0 Å². The molecule has 3 heteroatoms. The van der Waals surface area contributed by atoms with Crippen LogP contribution in [0.4, 0.5) is 0 Å². The fourth-order valence-electron chi connectivity index (χ4n) is 2.74. The lowest BCUT2D eigenvalue weighted by Crippen LogP contribution is -2.62. The Morgan fingerprint density at radius 2 is 1.64 bits per heavy atom. The molecule has 1 aliphatic heterocycles. The average Bonchev–Trinajstić information content (AvgIpc) is 1.94. The van der Waals surface area contributed by atoms with Crippen molar-refractivity contribution in [1.29, 1.82) is 0 Å². The van der Waals surface area contributed by atoms with Gasteiger partial charge in [-0.2, -0.15) is 0 Å². The molecule has 84 valence electrons. The van der Waals surface area contributed by atoms with E-state index in [1.165, 1.54) is 0 Å². The monoisotopic (exact) mass is 201 g/mol. The first-order chi connectivity index (χ1) is 6.29. The Morgan fingerprint density at radius 3 is 2.00 bits per heavy atom.